The van der Waals surface area contributed by atoms with E-state index in [1.807, 2.05) is 17.0 Å². The summed E-state index contributed by atoms with van der Waals surface area (Å²) in [4.78, 5) is 35.9. The molecule has 0 unspecified atom stereocenters. The molecule has 0 radical (unpaired) electrons. The first-order valence-corrected chi connectivity index (χ1v) is 9.49. The number of nitrogens with zero attached hydrogens (tertiary/aromatic N) is 4. The molecule has 1 aromatic carbocycles. The van der Waals surface area contributed by atoms with Gasteiger partial charge in [0.05, 0.1) is 5.52 Å². The minimum atomic E-state index is -0.182. The van der Waals surface area contributed by atoms with Crippen molar-refractivity contribution in [3.05, 3.63) is 52.4 Å². The molecule has 1 fully saturated rings. The summed E-state index contributed by atoms with van der Waals surface area (Å²) in [6, 6.07) is 8.98. The maximum Gasteiger partial charge on any atom is 0.263 e. The molecule has 0 atom stereocenters. The average molecular weight is 430 g/mol. The van der Waals surface area contributed by atoms with Gasteiger partial charge in [0.2, 0.25) is 5.95 Å². The monoisotopic (exact) mass is 429 g/mol. The highest BCUT2D eigenvalue weighted by Crippen LogP contribution is 2.23. The lowest BCUT2D eigenvalue weighted by molar-refractivity contribution is 0.0736. The van der Waals surface area contributed by atoms with Crippen molar-refractivity contribution in [3.63, 3.8) is 0 Å². The van der Waals surface area contributed by atoms with Crippen LogP contribution in [-0.4, -0.2) is 58.6 Å². The number of hydrogen-bond donors (Lipinski definition) is 3. The fraction of sp³-hybridized carbons (Fsp3) is 0.300. The average Bonchev–Trinajstić information content (AvgIpc) is 2.76. The number of piperazine rings is 1. The second-order valence-electron chi connectivity index (χ2n) is 6.88. The zero-order valence-corrected chi connectivity index (χ0v) is 17.6. The van der Waals surface area contributed by atoms with E-state index in [2.05, 4.69) is 25.9 Å². The van der Waals surface area contributed by atoms with Crippen LogP contribution in [0, 0.1) is 0 Å². The number of rotatable bonds is 4. The molecule has 3 aromatic rings. The zero-order valence-electron chi connectivity index (χ0n) is 16.8. The van der Waals surface area contributed by atoms with Gasteiger partial charge in [0.1, 0.15) is 11.2 Å². The number of carbonyl (C=O) groups excluding carboxylic acids is 1. The summed E-state index contributed by atoms with van der Waals surface area (Å²) in [6.45, 7) is 3.05. The predicted octanol–water partition coefficient (Wildman–Crippen LogP) is 1.58. The van der Waals surface area contributed by atoms with Gasteiger partial charge in [-0.25, -0.2) is 4.98 Å². The summed E-state index contributed by atoms with van der Waals surface area (Å²) in [5.41, 5.74) is 1.74. The molecule has 0 saturated carbocycles. The minimum absolute atomic E-state index is 0. The number of aryl methyl sites for hydroxylation is 1. The molecule has 9 nitrogen and oxygen atoms in total. The molecule has 0 spiro atoms. The molecule has 2 aromatic heterocycles. The molecule has 4 rings (SSSR count). The normalized spacial score (nSPS) is 13.6. The van der Waals surface area contributed by atoms with E-state index in [4.69, 9.17) is 0 Å². The molecule has 10 heteroatoms. The summed E-state index contributed by atoms with van der Waals surface area (Å²) >= 11 is 0. The molecular formula is C20H24ClN7O2. The van der Waals surface area contributed by atoms with E-state index in [-0.39, 0.29) is 23.9 Å². The lowest BCUT2D eigenvalue weighted by Gasteiger charge is -2.27. The van der Waals surface area contributed by atoms with Crippen LogP contribution in [0.3, 0.4) is 0 Å². The third kappa shape index (κ3) is 4.22. The van der Waals surface area contributed by atoms with Gasteiger partial charge in [-0.2, -0.15) is 4.98 Å². The van der Waals surface area contributed by atoms with Crippen molar-refractivity contribution in [2.45, 2.75) is 0 Å². The van der Waals surface area contributed by atoms with E-state index in [9.17, 15) is 9.59 Å². The van der Waals surface area contributed by atoms with Gasteiger partial charge in [0.25, 0.3) is 11.5 Å². The maximum absolute atomic E-state index is 12.6. The van der Waals surface area contributed by atoms with Crippen molar-refractivity contribution in [2.24, 2.45) is 7.05 Å². The quantitative estimate of drug-likeness (QED) is 0.578. The summed E-state index contributed by atoms with van der Waals surface area (Å²) in [5, 5.41) is 9.76. The van der Waals surface area contributed by atoms with Gasteiger partial charge in [-0.1, -0.05) is 0 Å². The lowest BCUT2D eigenvalue weighted by atomic mass is 10.1. The first-order chi connectivity index (χ1) is 14.1. The number of hydrogen-bond acceptors (Lipinski definition) is 7. The third-order valence-electron chi connectivity index (χ3n) is 4.95. The van der Waals surface area contributed by atoms with Gasteiger partial charge in [-0.15, -0.1) is 12.4 Å². The number of fused-ring (bicyclic) bond motifs is 1. The molecule has 1 saturated heterocycles. The van der Waals surface area contributed by atoms with E-state index in [1.165, 1.54) is 4.57 Å². The smallest absolute Gasteiger partial charge is 0.263 e. The molecule has 1 aliphatic heterocycles. The predicted molar refractivity (Wildman–Crippen MR) is 120 cm³/mol. The van der Waals surface area contributed by atoms with E-state index < -0.39 is 0 Å². The Morgan fingerprint density at radius 1 is 1.10 bits per heavy atom. The molecule has 158 valence electrons. The number of halogens is 1. The Balaban J connectivity index is 0.00000256. The number of carbonyl (C=O) groups is 1. The number of benzene rings is 1. The van der Waals surface area contributed by atoms with Crippen molar-refractivity contribution in [1.29, 1.82) is 0 Å². The Bertz CT molecular complexity index is 1110. The largest absolute Gasteiger partial charge is 0.357 e. The van der Waals surface area contributed by atoms with Crippen molar-refractivity contribution >= 4 is 46.7 Å². The summed E-state index contributed by atoms with van der Waals surface area (Å²) in [6.07, 6.45) is 1.68. The molecule has 3 N–H and O–H groups in total. The Morgan fingerprint density at radius 3 is 2.47 bits per heavy atom. The second-order valence-corrected chi connectivity index (χ2v) is 6.88. The standard InChI is InChI=1S/C20H23N7O2.ClH/c1-21-20-24-15-7-10-26(2)19(29)16(15)17(25-20)23-14-5-3-13(4-6-14)18(28)27-11-8-22-9-12-27;/h3-7,10,22H,8-9,11-12H2,1-2H3,(H2,21,23,24,25);1H. The summed E-state index contributed by atoms with van der Waals surface area (Å²) < 4.78 is 1.49. The van der Waals surface area contributed by atoms with Gasteiger partial charge in [0, 0.05) is 57.7 Å². The first-order valence-electron chi connectivity index (χ1n) is 9.49. The summed E-state index contributed by atoms with van der Waals surface area (Å²) in [7, 11) is 3.41. The molecule has 1 amide bonds. The van der Waals surface area contributed by atoms with Crippen molar-refractivity contribution < 1.29 is 4.79 Å². The highest BCUT2D eigenvalue weighted by atomic mass is 35.5. The number of pyridine rings is 1. The number of amides is 1. The molecule has 3 heterocycles. The van der Waals surface area contributed by atoms with Crippen LogP contribution in [0.4, 0.5) is 17.5 Å². The highest BCUT2D eigenvalue weighted by Gasteiger charge is 2.18. The molecule has 1 aliphatic rings. The number of aromatic nitrogens is 3. The lowest BCUT2D eigenvalue weighted by Crippen LogP contribution is -2.46. The third-order valence-corrected chi connectivity index (χ3v) is 4.95. The zero-order chi connectivity index (χ0) is 20.4. The van der Waals surface area contributed by atoms with E-state index in [1.54, 1.807) is 38.5 Å². The van der Waals surface area contributed by atoms with Crippen LogP contribution >= 0.6 is 12.4 Å². The van der Waals surface area contributed by atoms with E-state index in [0.29, 0.717) is 41.3 Å². The van der Waals surface area contributed by atoms with Crippen LogP contribution in [0.5, 0.6) is 0 Å². The fourth-order valence-corrected chi connectivity index (χ4v) is 3.32. The van der Waals surface area contributed by atoms with Gasteiger partial charge < -0.3 is 25.4 Å². The molecular weight excluding hydrogens is 406 g/mol. The molecule has 0 bridgehead atoms. The van der Waals surface area contributed by atoms with Gasteiger partial charge in [-0.3, -0.25) is 9.59 Å². The van der Waals surface area contributed by atoms with Crippen LogP contribution in [0.15, 0.2) is 41.3 Å². The topological polar surface area (TPSA) is 104 Å². The van der Waals surface area contributed by atoms with Gasteiger partial charge >= 0.3 is 0 Å². The van der Waals surface area contributed by atoms with Crippen LogP contribution in [0.1, 0.15) is 10.4 Å². The Hall–Kier alpha value is -3.17. The van der Waals surface area contributed by atoms with Crippen LogP contribution in [0.25, 0.3) is 10.9 Å². The second kappa shape index (κ2) is 9.10. The highest BCUT2D eigenvalue weighted by molar-refractivity contribution is 5.95. The van der Waals surface area contributed by atoms with Gasteiger partial charge in [0.15, 0.2) is 0 Å². The maximum atomic E-state index is 12.6. The minimum Gasteiger partial charge on any atom is -0.357 e. The Kier molecular flexibility index (Phi) is 6.53. The molecule has 30 heavy (non-hydrogen) atoms. The fourth-order valence-electron chi connectivity index (χ4n) is 3.32. The SMILES string of the molecule is CNc1nc(Nc2ccc(C(=O)N3CCNCC3)cc2)c2c(=O)n(C)ccc2n1.Cl. The van der Waals surface area contributed by atoms with Crippen LogP contribution in [-0.2, 0) is 7.05 Å². The first kappa shape index (κ1) is 21.5. The number of anilines is 3. The van der Waals surface area contributed by atoms with E-state index in [0.717, 1.165) is 18.8 Å². The number of nitrogens with one attached hydrogen (secondary N) is 3. The van der Waals surface area contributed by atoms with Crippen molar-refractivity contribution in [1.82, 2.24) is 24.8 Å². The Morgan fingerprint density at radius 2 is 1.80 bits per heavy atom. The van der Waals surface area contributed by atoms with Crippen LogP contribution < -0.4 is 21.5 Å². The van der Waals surface area contributed by atoms with Crippen molar-refractivity contribution in [3.8, 4) is 0 Å². The Labute approximate surface area is 179 Å². The van der Waals surface area contributed by atoms with Crippen LogP contribution in [0.2, 0.25) is 0 Å². The van der Waals surface area contributed by atoms with Crippen molar-refractivity contribution in [2.75, 3.05) is 43.9 Å². The summed E-state index contributed by atoms with van der Waals surface area (Å²) in [5.74, 6) is 0.859. The van der Waals surface area contributed by atoms with E-state index >= 15 is 0 Å². The molecule has 0 aliphatic carbocycles. The van der Waals surface area contributed by atoms with Gasteiger partial charge in [-0.05, 0) is 30.3 Å².